The molecule has 0 aromatic rings. The molecule has 0 heterocycles. The number of allylic oxidation sites excluding steroid dienone is 1. The summed E-state index contributed by atoms with van der Waals surface area (Å²) >= 11 is 0. The average Bonchev–Trinajstić information content (AvgIpc) is 2.44. The second-order valence-electron chi connectivity index (χ2n) is 6.86. The van der Waals surface area contributed by atoms with Crippen LogP contribution in [0.1, 0.15) is 39.5 Å². The van der Waals surface area contributed by atoms with Gasteiger partial charge in [-0.2, -0.15) is 0 Å². The van der Waals surface area contributed by atoms with Gasteiger partial charge in [-0.25, -0.2) is 0 Å². The van der Waals surface area contributed by atoms with Crippen LogP contribution in [0.2, 0.25) is 19.6 Å². The first kappa shape index (κ1) is 15.2. The number of carbonyl (C=O) groups is 2. The number of rotatable bonds is 2. The van der Waals surface area contributed by atoms with Gasteiger partial charge in [-0.1, -0.05) is 25.2 Å². The molecule has 0 aliphatic heterocycles. The van der Waals surface area contributed by atoms with Crippen LogP contribution < -0.4 is 0 Å². The van der Waals surface area contributed by atoms with Crippen LogP contribution >= 0.6 is 0 Å². The van der Waals surface area contributed by atoms with Gasteiger partial charge >= 0.3 is 5.97 Å². The highest BCUT2D eigenvalue weighted by Crippen LogP contribution is 2.42. The van der Waals surface area contributed by atoms with E-state index in [2.05, 4.69) is 26.6 Å². The molecule has 0 amide bonds. The van der Waals surface area contributed by atoms with Gasteiger partial charge in [-0.3, -0.25) is 9.59 Å². The molecule has 0 bridgehead atoms. The standard InChI is InChI=1S/C16H24O3Si/c1-10-8-6-7-9-12-13(10)15(19-11(2)17)14(18)16(12)20(3,4)5/h15H,6-9H2,1-5H3. The molecule has 0 fully saturated rings. The summed E-state index contributed by atoms with van der Waals surface area (Å²) in [6.07, 6.45) is 3.56. The van der Waals surface area contributed by atoms with Gasteiger partial charge in [0.1, 0.15) is 0 Å². The summed E-state index contributed by atoms with van der Waals surface area (Å²) in [6.45, 7) is 10.0. The summed E-state index contributed by atoms with van der Waals surface area (Å²) in [5.74, 6) is -0.324. The number of hydrogen-bond donors (Lipinski definition) is 0. The quantitative estimate of drug-likeness (QED) is 0.577. The second-order valence-corrected chi connectivity index (χ2v) is 11.9. The van der Waals surface area contributed by atoms with Gasteiger partial charge in [0, 0.05) is 12.5 Å². The molecule has 0 N–H and O–H groups in total. The molecule has 1 unspecified atom stereocenters. The molecule has 3 nitrogen and oxygen atoms in total. The monoisotopic (exact) mass is 292 g/mol. The minimum Gasteiger partial charge on any atom is -0.449 e. The first-order valence-corrected chi connectivity index (χ1v) is 10.9. The summed E-state index contributed by atoms with van der Waals surface area (Å²) < 4.78 is 5.38. The molecular formula is C16H24O3Si. The predicted octanol–water partition coefficient (Wildman–Crippen LogP) is 3.57. The van der Waals surface area contributed by atoms with Crippen LogP contribution in [0.4, 0.5) is 0 Å². The van der Waals surface area contributed by atoms with Crippen molar-refractivity contribution in [2.45, 2.75) is 65.3 Å². The van der Waals surface area contributed by atoms with Crippen molar-refractivity contribution < 1.29 is 14.3 Å². The van der Waals surface area contributed by atoms with Gasteiger partial charge in [0.05, 0.1) is 8.07 Å². The smallest absolute Gasteiger partial charge is 0.303 e. The van der Waals surface area contributed by atoms with Crippen molar-refractivity contribution in [3.8, 4) is 0 Å². The lowest BCUT2D eigenvalue weighted by Crippen LogP contribution is -2.33. The first-order chi connectivity index (χ1) is 9.23. The van der Waals surface area contributed by atoms with Crippen LogP contribution in [0.25, 0.3) is 0 Å². The Kier molecular flexibility index (Phi) is 4.05. The van der Waals surface area contributed by atoms with E-state index in [4.69, 9.17) is 4.74 Å². The third-order valence-electron chi connectivity index (χ3n) is 4.10. The summed E-state index contributed by atoms with van der Waals surface area (Å²) in [6, 6.07) is 0. The summed E-state index contributed by atoms with van der Waals surface area (Å²) in [5.41, 5.74) is 3.46. The number of carbonyl (C=O) groups excluding carboxylic acids is 2. The molecule has 1 atom stereocenters. The lowest BCUT2D eigenvalue weighted by Gasteiger charge is -2.19. The van der Waals surface area contributed by atoms with E-state index in [0.29, 0.717) is 0 Å². The van der Waals surface area contributed by atoms with Gasteiger partial charge in [-0.15, -0.1) is 0 Å². The molecule has 0 aromatic carbocycles. The van der Waals surface area contributed by atoms with E-state index < -0.39 is 14.2 Å². The van der Waals surface area contributed by atoms with Crippen LogP contribution in [-0.4, -0.2) is 25.9 Å². The van der Waals surface area contributed by atoms with Crippen LogP contribution in [0, 0.1) is 0 Å². The van der Waals surface area contributed by atoms with Crippen molar-refractivity contribution in [1.82, 2.24) is 0 Å². The zero-order valence-electron chi connectivity index (χ0n) is 13.1. The van der Waals surface area contributed by atoms with Gasteiger partial charge in [-0.05, 0) is 43.4 Å². The molecule has 20 heavy (non-hydrogen) atoms. The van der Waals surface area contributed by atoms with Crippen molar-refractivity contribution >= 4 is 19.8 Å². The summed E-state index contributed by atoms with van der Waals surface area (Å²) in [7, 11) is -1.74. The molecular weight excluding hydrogens is 268 g/mol. The van der Waals surface area contributed by atoms with E-state index in [9.17, 15) is 9.59 Å². The van der Waals surface area contributed by atoms with Crippen LogP contribution in [0.15, 0.2) is 21.9 Å². The number of esters is 1. The lowest BCUT2D eigenvalue weighted by atomic mass is 10.00. The highest BCUT2D eigenvalue weighted by Gasteiger charge is 2.45. The zero-order chi connectivity index (χ0) is 15.1. The van der Waals surface area contributed by atoms with Crippen molar-refractivity contribution in [2.75, 3.05) is 0 Å². The first-order valence-electron chi connectivity index (χ1n) is 7.38. The number of ether oxygens (including phenoxy) is 1. The molecule has 0 radical (unpaired) electrons. The molecule has 110 valence electrons. The zero-order valence-corrected chi connectivity index (χ0v) is 14.1. The van der Waals surface area contributed by atoms with Gasteiger partial charge in [0.15, 0.2) is 11.9 Å². The Bertz CT molecular complexity index is 520. The van der Waals surface area contributed by atoms with E-state index >= 15 is 0 Å². The highest BCUT2D eigenvalue weighted by molar-refractivity contribution is 6.88. The van der Waals surface area contributed by atoms with Crippen LogP contribution in [0.5, 0.6) is 0 Å². The topological polar surface area (TPSA) is 43.4 Å². The van der Waals surface area contributed by atoms with Crippen molar-refractivity contribution in [3.63, 3.8) is 0 Å². The summed E-state index contributed by atoms with van der Waals surface area (Å²) in [5, 5.41) is 1.00. The number of Topliss-reactive ketones (excluding diaryl/α,β-unsaturated/α-hetero) is 1. The second kappa shape index (κ2) is 5.32. The average molecular weight is 292 g/mol. The van der Waals surface area contributed by atoms with Crippen LogP contribution in [0.3, 0.4) is 0 Å². The molecule has 2 aliphatic carbocycles. The highest BCUT2D eigenvalue weighted by atomic mass is 28.3. The fourth-order valence-electron chi connectivity index (χ4n) is 3.37. The Morgan fingerprint density at radius 1 is 1.20 bits per heavy atom. The Morgan fingerprint density at radius 3 is 2.35 bits per heavy atom. The fourth-order valence-corrected chi connectivity index (χ4v) is 5.41. The maximum atomic E-state index is 12.8. The molecule has 0 aromatic heterocycles. The number of ketones is 1. The number of fused-ring (bicyclic) bond motifs is 1. The third-order valence-corrected chi connectivity index (χ3v) is 6.14. The normalized spacial score (nSPS) is 23.9. The fraction of sp³-hybridized carbons (Fsp3) is 0.625. The minimum atomic E-state index is -1.74. The van der Waals surface area contributed by atoms with Gasteiger partial charge in [0.25, 0.3) is 0 Å². The van der Waals surface area contributed by atoms with E-state index in [1.165, 1.54) is 18.1 Å². The maximum absolute atomic E-state index is 12.8. The number of hydrogen-bond acceptors (Lipinski definition) is 3. The minimum absolute atomic E-state index is 0.0469. The van der Waals surface area contributed by atoms with Gasteiger partial charge in [0.2, 0.25) is 0 Å². The van der Waals surface area contributed by atoms with E-state index in [1.54, 1.807) is 0 Å². The Hall–Kier alpha value is -1.16. The molecule has 0 saturated heterocycles. The summed E-state index contributed by atoms with van der Waals surface area (Å²) in [4.78, 5) is 24.1. The van der Waals surface area contributed by atoms with Crippen molar-refractivity contribution in [1.29, 1.82) is 0 Å². The molecule has 2 rings (SSSR count). The van der Waals surface area contributed by atoms with E-state index in [-0.39, 0.29) is 11.8 Å². The predicted molar refractivity (Wildman–Crippen MR) is 82.1 cm³/mol. The Balaban J connectivity index is 2.58. The molecule has 0 saturated carbocycles. The largest absolute Gasteiger partial charge is 0.449 e. The van der Waals surface area contributed by atoms with E-state index in [0.717, 1.165) is 36.5 Å². The van der Waals surface area contributed by atoms with E-state index in [1.807, 2.05) is 0 Å². The lowest BCUT2D eigenvalue weighted by molar-refractivity contribution is -0.148. The van der Waals surface area contributed by atoms with Crippen LogP contribution in [-0.2, 0) is 14.3 Å². The Morgan fingerprint density at radius 2 is 1.80 bits per heavy atom. The van der Waals surface area contributed by atoms with Gasteiger partial charge < -0.3 is 4.74 Å². The molecule has 0 spiro atoms. The SMILES string of the molecule is CC(=O)OC1C(=O)C([Si](C)(C)C)=C2CCCCC(C)=C21. The molecule has 4 heteroatoms. The van der Waals surface area contributed by atoms with Crippen molar-refractivity contribution in [2.24, 2.45) is 0 Å². The molecule has 2 aliphatic rings. The third kappa shape index (κ3) is 2.66. The van der Waals surface area contributed by atoms with Crippen molar-refractivity contribution in [3.05, 3.63) is 21.9 Å². The maximum Gasteiger partial charge on any atom is 0.303 e. The Labute approximate surface area is 122 Å².